The van der Waals surface area contributed by atoms with Gasteiger partial charge in [-0.25, -0.2) is 4.73 Å². The Kier molecular flexibility index (Phi) is 3.43. The van der Waals surface area contributed by atoms with Gasteiger partial charge in [0.05, 0.1) is 11.0 Å². The summed E-state index contributed by atoms with van der Waals surface area (Å²) < 4.78 is 13.5. The normalized spacial score (nSPS) is 10.2. The van der Waals surface area contributed by atoms with E-state index in [1.165, 1.54) is 18.2 Å². The van der Waals surface area contributed by atoms with Gasteiger partial charge >= 0.3 is 5.28 Å². The zero-order valence-corrected chi connectivity index (χ0v) is 9.96. The van der Waals surface area contributed by atoms with Gasteiger partial charge in [-0.3, -0.25) is 15.4 Å². The van der Waals surface area contributed by atoms with Gasteiger partial charge in [-0.05, 0) is 17.7 Å². The summed E-state index contributed by atoms with van der Waals surface area (Å²) >= 11 is 5.46. The Bertz CT molecular complexity index is 653. The first-order chi connectivity index (χ1) is 8.99. The molecule has 0 atom stereocenters. The molecule has 19 heavy (non-hydrogen) atoms. The van der Waals surface area contributed by atoms with E-state index in [1.54, 1.807) is 0 Å². The molecule has 2 rings (SSSR count). The Balaban J connectivity index is 2.39. The molecule has 7 nitrogen and oxygen atoms in total. The van der Waals surface area contributed by atoms with Crippen LogP contribution in [0.4, 0.5) is 21.6 Å². The number of nitro benzene ring substituents is 1. The number of halogens is 2. The van der Waals surface area contributed by atoms with Crippen LogP contribution in [0.1, 0.15) is 0 Å². The molecule has 1 heterocycles. The van der Waals surface area contributed by atoms with E-state index in [4.69, 9.17) is 11.6 Å². The van der Waals surface area contributed by atoms with E-state index in [-0.39, 0.29) is 16.1 Å². The monoisotopic (exact) mass is 284 g/mol. The van der Waals surface area contributed by atoms with Crippen molar-refractivity contribution in [3.05, 3.63) is 56.9 Å². The Morgan fingerprint density at radius 3 is 2.89 bits per heavy atom. The van der Waals surface area contributed by atoms with Gasteiger partial charge in [0.2, 0.25) is 5.82 Å². The fourth-order valence-electron chi connectivity index (χ4n) is 1.36. The first-order valence-corrected chi connectivity index (χ1v) is 5.32. The van der Waals surface area contributed by atoms with Crippen molar-refractivity contribution >= 4 is 28.8 Å². The minimum atomic E-state index is -0.925. The predicted molar refractivity (Wildman–Crippen MR) is 64.5 cm³/mol. The second-order valence-electron chi connectivity index (χ2n) is 3.45. The van der Waals surface area contributed by atoms with E-state index >= 15 is 0 Å². The SMILES string of the molecule is O=[N+]([O-])c1cccc(Nc2c(F)cnc(Cl)[n+]2[O-])c1. The third-order valence-corrected chi connectivity index (χ3v) is 2.45. The maximum Gasteiger partial charge on any atom is 0.335 e. The van der Waals surface area contributed by atoms with Crippen molar-refractivity contribution in [3.8, 4) is 0 Å². The maximum atomic E-state index is 13.4. The van der Waals surface area contributed by atoms with Crippen LogP contribution in [0.3, 0.4) is 0 Å². The summed E-state index contributed by atoms with van der Waals surface area (Å²) in [6.07, 6.45) is 0.774. The summed E-state index contributed by atoms with van der Waals surface area (Å²) in [6, 6.07) is 5.27. The number of rotatable bonds is 3. The van der Waals surface area contributed by atoms with Gasteiger partial charge in [-0.2, -0.15) is 4.39 Å². The van der Waals surface area contributed by atoms with Crippen LogP contribution in [0.5, 0.6) is 0 Å². The number of benzene rings is 1. The average molecular weight is 285 g/mol. The highest BCUT2D eigenvalue weighted by Crippen LogP contribution is 2.21. The summed E-state index contributed by atoms with van der Waals surface area (Å²) in [5.41, 5.74) is -0.0111. The van der Waals surface area contributed by atoms with Gasteiger partial charge in [0.25, 0.3) is 11.5 Å². The summed E-state index contributed by atoms with van der Waals surface area (Å²) in [7, 11) is 0. The lowest BCUT2D eigenvalue weighted by atomic mass is 10.3. The number of anilines is 2. The topological polar surface area (TPSA) is 95.0 Å². The summed E-state index contributed by atoms with van der Waals surface area (Å²) in [5, 5.41) is 24.1. The molecular weight excluding hydrogens is 279 g/mol. The Morgan fingerprint density at radius 1 is 1.47 bits per heavy atom. The van der Waals surface area contributed by atoms with Crippen molar-refractivity contribution in [2.24, 2.45) is 0 Å². The Hall–Kier alpha value is -2.48. The molecule has 1 N–H and O–H groups in total. The second-order valence-corrected chi connectivity index (χ2v) is 3.79. The lowest BCUT2D eigenvalue weighted by Crippen LogP contribution is -2.33. The molecule has 0 unspecified atom stereocenters. The number of non-ortho nitro benzene ring substituents is 1. The van der Waals surface area contributed by atoms with E-state index in [1.807, 2.05) is 0 Å². The maximum absolute atomic E-state index is 13.4. The summed E-state index contributed by atoms with van der Waals surface area (Å²) in [5.74, 6) is -1.41. The molecule has 1 aromatic heterocycles. The lowest BCUT2D eigenvalue weighted by molar-refractivity contribution is -0.592. The first-order valence-electron chi connectivity index (χ1n) is 4.94. The largest absolute Gasteiger partial charge is 0.739 e. The molecule has 0 spiro atoms. The number of aromatic nitrogens is 2. The minimum absolute atomic E-state index is 0.0513. The van der Waals surface area contributed by atoms with Crippen LogP contribution < -0.4 is 10.0 Å². The fraction of sp³-hybridized carbons (Fsp3) is 0. The molecule has 0 saturated carbocycles. The molecule has 0 aliphatic carbocycles. The van der Waals surface area contributed by atoms with Crippen LogP contribution in [0, 0.1) is 21.1 Å². The zero-order valence-electron chi connectivity index (χ0n) is 9.21. The molecule has 0 amide bonds. The predicted octanol–water partition coefficient (Wildman–Crippen LogP) is 2.16. The van der Waals surface area contributed by atoms with Crippen LogP contribution in [0.25, 0.3) is 0 Å². The highest BCUT2D eigenvalue weighted by Gasteiger charge is 2.16. The van der Waals surface area contributed by atoms with E-state index in [9.17, 15) is 19.7 Å². The molecule has 2 aromatic rings. The lowest BCUT2D eigenvalue weighted by Gasteiger charge is -2.11. The molecule has 0 aliphatic heterocycles. The van der Waals surface area contributed by atoms with Crippen LogP contribution in [-0.2, 0) is 0 Å². The number of nitrogens with zero attached hydrogens (tertiary/aromatic N) is 3. The second kappa shape index (κ2) is 5.02. The smallest absolute Gasteiger partial charge is 0.335 e. The molecule has 0 bridgehead atoms. The standard InChI is InChI=1S/C10H6ClFN4O3/c11-10-13-5-8(12)9(15(10)17)14-6-2-1-3-7(4-6)16(18)19/h1-5,14H. The number of hydrogen-bond acceptors (Lipinski definition) is 5. The number of nitrogens with one attached hydrogen (secondary N) is 1. The summed E-state index contributed by atoms with van der Waals surface area (Å²) in [6.45, 7) is 0. The van der Waals surface area contributed by atoms with Gasteiger partial charge in [-0.15, -0.1) is 0 Å². The van der Waals surface area contributed by atoms with Crippen molar-refractivity contribution in [3.63, 3.8) is 0 Å². The molecule has 98 valence electrons. The van der Waals surface area contributed by atoms with Gasteiger partial charge in [0, 0.05) is 6.07 Å². The molecule has 0 saturated heterocycles. The van der Waals surface area contributed by atoms with Crippen LogP contribution in [0.2, 0.25) is 5.28 Å². The van der Waals surface area contributed by atoms with Crippen molar-refractivity contribution in [1.82, 2.24) is 4.98 Å². The summed E-state index contributed by atoms with van der Waals surface area (Å²) in [4.78, 5) is 13.3. The molecule has 0 fully saturated rings. The molecule has 0 aliphatic rings. The number of nitro groups is 1. The van der Waals surface area contributed by atoms with E-state index < -0.39 is 21.8 Å². The zero-order chi connectivity index (χ0) is 14.0. The molecule has 9 heteroatoms. The van der Waals surface area contributed by atoms with Gasteiger partial charge < -0.3 is 5.21 Å². The van der Waals surface area contributed by atoms with Gasteiger partial charge in [-0.1, -0.05) is 11.1 Å². The van der Waals surface area contributed by atoms with Crippen LogP contribution in [0.15, 0.2) is 30.5 Å². The fourth-order valence-corrected chi connectivity index (χ4v) is 1.49. The Morgan fingerprint density at radius 2 is 2.21 bits per heavy atom. The molecule has 1 aromatic carbocycles. The third-order valence-electron chi connectivity index (χ3n) is 2.20. The van der Waals surface area contributed by atoms with E-state index in [0.717, 1.165) is 12.3 Å². The Labute approximate surface area is 111 Å². The molecule has 0 radical (unpaired) electrons. The van der Waals surface area contributed by atoms with Crippen LogP contribution >= 0.6 is 11.6 Å². The van der Waals surface area contributed by atoms with Crippen molar-refractivity contribution in [2.45, 2.75) is 0 Å². The quantitative estimate of drug-likeness (QED) is 0.306. The van der Waals surface area contributed by atoms with Crippen molar-refractivity contribution < 1.29 is 14.0 Å². The third kappa shape index (κ3) is 2.68. The first kappa shape index (κ1) is 13.0. The molecular formula is C10H6ClFN4O3. The van der Waals surface area contributed by atoms with E-state index in [2.05, 4.69) is 10.3 Å². The minimum Gasteiger partial charge on any atom is -0.739 e. The van der Waals surface area contributed by atoms with E-state index in [0.29, 0.717) is 0 Å². The highest BCUT2D eigenvalue weighted by atomic mass is 35.5. The number of hydrogen-bond donors (Lipinski definition) is 1. The highest BCUT2D eigenvalue weighted by molar-refractivity contribution is 6.27. The average Bonchev–Trinajstić information content (AvgIpc) is 2.39. The van der Waals surface area contributed by atoms with Crippen molar-refractivity contribution in [2.75, 3.05) is 5.32 Å². The van der Waals surface area contributed by atoms with Crippen molar-refractivity contribution in [1.29, 1.82) is 0 Å². The van der Waals surface area contributed by atoms with Gasteiger partial charge in [0.15, 0.2) is 0 Å². The van der Waals surface area contributed by atoms with Gasteiger partial charge in [0.1, 0.15) is 11.9 Å². The van der Waals surface area contributed by atoms with Crippen LogP contribution in [-0.4, -0.2) is 9.91 Å².